The maximum absolute atomic E-state index is 13.3. The first-order chi connectivity index (χ1) is 18.0. The van der Waals surface area contributed by atoms with Crippen molar-refractivity contribution in [3.05, 3.63) is 87.9 Å². The third kappa shape index (κ3) is 7.00. The number of ether oxygens (including phenoxy) is 1. The molecule has 1 aliphatic rings. The molecule has 1 N–H and O–H groups in total. The number of methoxy groups -OCH3 is 1. The number of anilines is 1. The molecule has 6 nitrogen and oxygen atoms in total. The molecule has 1 saturated heterocycles. The van der Waals surface area contributed by atoms with E-state index in [4.69, 9.17) is 27.9 Å². The van der Waals surface area contributed by atoms with Gasteiger partial charge < -0.3 is 10.1 Å². The Labute approximate surface area is 230 Å². The van der Waals surface area contributed by atoms with Gasteiger partial charge >= 0.3 is 6.18 Å². The number of alkyl halides is 3. The van der Waals surface area contributed by atoms with Crippen LogP contribution in [0.4, 0.5) is 24.5 Å². The normalized spacial score (nSPS) is 17.0. The van der Waals surface area contributed by atoms with Gasteiger partial charge in [-0.25, -0.2) is 4.99 Å². The molecular formula is C26H20Cl2F3N3O3S. The van der Waals surface area contributed by atoms with Gasteiger partial charge in [0, 0.05) is 22.2 Å². The lowest BCUT2D eigenvalue weighted by Gasteiger charge is -2.32. The van der Waals surface area contributed by atoms with Crippen LogP contribution in [0.1, 0.15) is 17.5 Å². The van der Waals surface area contributed by atoms with E-state index in [1.807, 2.05) is 0 Å². The largest absolute Gasteiger partial charge is 0.497 e. The van der Waals surface area contributed by atoms with Gasteiger partial charge in [0.1, 0.15) is 11.0 Å². The van der Waals surface area contributed by atoms with Crippen LogP contribution in [0.3, 0.4) is 0 Å². The Morgan fingerprint density at radius 2 is 1.79 bits per heavy atom. The van der Waals surface area contributed by atoms with E-state index in [9.17, 15) is 22.8 Å². The number of halogens is 5. The molecule has 0 radical (unpaired) electrons. The number of thioether (sulfide) groups is 1. The van der Waals surface area contributed by atoms with Gasteiger partial charge in [-0.15, -0.1) is 0 Å². The van der Waals surface area contributed by atoms with Gasteiger partial charge in [0.05, 0.1) is 24.9 Å². The minimum Gasteiger partial charge on any atom is -0.497 e. The molecule has 4 rings (SSSR count). The molecule has 0 saturated carbocycles. The van der Waals surface area contributed by atoms with Crippen molar-refractivity contribution < 1.29 is 27.5 Å². The predicted molar refractivity (Wildman–Crippen MR) is 143 cm³/mol. The summed E-state index contributed by atoms with van der Waals surface area (Å²) in [5, 5.41) is 2.53. The second-order valence-corrected chi connectivity index (χ2v) is 10.3. The van der Waals surface area contributed by atoms with Crippen molar-refractivity contribution in [3.63, 3.8) is 0 Å². The third-order valence-electron chi connectivity index (χ3n) is 5.46. The number of amides is 2. The van der Waals surface area contributed by atoms with Crippen molar-refractivity contribution in [2.24, 2.45) is 4.99 Å². The number of aliphatic imine (C=N–C) groups is 1. The Hall–Kier alpha value is -3.21. The maximum Gasteiger partial charge on any atom is 0.416 e. The van der Waals surface area contributed by atoms with Crippen molar-refractivity contribution in [2.45, 2.75) is 24.4 Å². The van der Waals surface area contributed by atoms with E-state index in [1.54, 1.807) is 24.3 Å². The summed E-state index contributed by atoms with van der Waals surface area (Å²) in [5.74, 6) is -0.277. The Balaban J connectivity index is 1.64. The zero-order valence-electron chi connectivity index (χ0n) is 19.8. The van der Waals surface area contributed by atoms with E-state index < -0.39 is 28.8 Å². The highest BCUT2D eigenvalue weighted by Crippen LogP contribution is 2.34. The number of hydrogen-bond donors (Lipinski definition) is 1. The van der Waals surface area contributed by atoms with Crippen LogP contribution in [-0.4, -0.2) is 34.2 Å². The molecule has 2 amide bonds. The summed E-state index contributed by atoms with van der Waals surface area (Å²) in [7, 11) is 1.53. The number of amidine groups is 1. The highest BCUT2D eigenvalue weighted by atomic mass is 35.5. The zero-order valence-corrected chi connectivity index (χ0v) is 22.1. The first-order valence-corrected chi connectivity index (χ1v) is 12.8. The number of nitrogens with one attached hydrogen (secondary N) is 1. The molecule has 38 heavy (non-hydrogen) atoms. The molecule has 198 valence electrons. The molecule has 1 aliphatic heterocycles. The van der Waals surface area contributed by atoms with Gasteiger partial charge in [0.25, 0.3) is 0 Å². The molecule has 12 heteroatoms. The monoisotopic (exact) mass is 581 g/mol. The SMILES string of the molecule is COc1ccc(CN2C(=O)CC(C(=O)Nc3cc(Cl)cc(Cl)c3)SC2=Nc2cccc(C(F)(F)F)c2)cc1. The summed E-state index contributed by atoms with van der Waals surface area (Å²) >= 11 is 13.0. The van der Waals surface area contributed by atoms with Crippen LogP contribution in [0.2, 0.25) is 10.0 Å². The van der Waals surface area contributed by atoms with E-state index in [2.05, 4.69) is 10.3 Å². The van der Waals surface area contributed by atoms with Gasteiger partial charge in [-0.3, -0.25) is 14.5 Å². The van der Waals surface area contributed by atoms with Crippen LogP contribution in [-0.2, 0) is 22.3 Å². The Morgan fingerprint density at radius 3 is 2.42 bits per heavy atom. The minimum atomic E-state index is -4.56. The van der Waals surface area contributed by atoms with E-state index in [-0.39, 0.29) is 23.8 Å². The Bertz CT molecular complexity index is 1360. The van der Waals surface area contributed by atoms with Crippen molar-refractivity contribution in [1.82, 2.24) is 4.90 Å². The molecular weight excluding hydrogens is 562 g/mol. The van der Waals surface area contributed by atoms with Crippen molar-refractivity contribution in [1.29, 1.82) is 0 Å². The number of rotatable bonds is 6. The molecule has 1 unspecified atom stereocenters. The lowest BCUT2D eigenvalue weighted by atomic mass is 10.2. The Kier molecular flexibility index (Phi) is 8.54. The molecule has 0 aromatic heterocycles. The minimum absolute atomic E-state index is 0.00228. The highest BCUT2D eigenvalue weighted by molar-refractivity contribution is 8.15. The van der Waals surface area contributed by atoms with Crippen LogP contribution < -0.4 is 10.1 Å². The average molecular weight is 582 g/mol. The van der Waals surface area contributed by atoms with E-state index in [1.165, 1.54) is 42.3 Å². The predicted octanol–water partition coefficient (Wildman–Crippen LogP) is 7.18. The number of nitrogens with zero attached hydrogens (tertiary/aromatic N) is 2. The second kappa shape index (κ2) is 11.7. The average Bonchev–Trinajstić information content (AvgIpc) is 2.85. The lowest BCUT2D eigenvalue weighted by Crippen LogP contribution is -2.44. The zero-order chi connectivity index (χ0) is 27.4. The molecule has 3 aromatic rings. The smallest absolute Gasteiger partial charge is 0.416 e. The third-order valence-corrected chi connectivity index (χ3v) is 7.08. The van der Waals surface area contributed by atoms with Gasteiger partial charge in [0.15, 0.2) is 5.17 Å². The number of carbonyl (C=O) groups is 2. The van der Waals surface area contributed by atoms with Crippen LogP contribution in [0, 0.1) is 0 Å². The molecule has 1 fully saturated rings. The number of carbonyl (C=O) groups excluding carboxylic acids is 2. The molecule has 3 aromatic carbocycles. The molecule has 1 atom stereocenters. The topological polar surface area (TPSA) is 71.0 Å². The van der Waals surface area contributed by atoms with Gasteiger partial charge in [-0.1, -0.05) is 53.2 Å². The molecule has 0 aliphatic carbocycles. The maximum atomic E-state index is 13.3. The van der Waals surface area contributed by atoms with Crippen molar-refractivity contribution in [2.75, 3.05) is 12.4 Å². The van der Waals surface area contributed by atoms with Crippen LogP contribution in [0.5, 0.6) is 5.75 Å². The standard InChI is InChI=1S/C26H20Cl2F3N3O3S/c1-37-21-7-5-15(6-8-21)14-34-23(35)13-22(24(36)32-20-11-17(27)10-18(28)12-20)38-25(34)33-19-4-2-3-16(9-19)26(29,30)31/h2-12,22H,13-14H2,1H3,(H,32,36). The first kappa shape index (κ1) is 27.8. The lowest BCUT2D eigenvalue weighted by molar-refractivity contribution is -0.137. The summed E-state index contributed by atoms with van der Waals surface area (Å²) in [6, 6.07) is 16.0. The molecule has 1 heterocycles. The van der Waals surface area contributed by atoms with Gasteiger partial charge in [-0.05, 0) is 54.1 Å². The Morgan fingerprint density at radius 1 is 1.11 bits per heavy atom. The summed E-state index contributed by atoms with van der Waals surface area (Å²) in [6.45, 7) is 0.103. The van der Waals surface area contributed by atoms with Crippen molar-refractivity contribution in [3.8, 4) is 5.75 Å². The summed E-state index contributed by atoms with van der Waals surface area (Å²) in [4.78, 5) is 32.0. The van der Waals surface area contributed by atoms with Crippen LogP contribution >= 0.6 is 35.0 Å². The second-order valence-electron chi connectivity index (χ2n) is 8.23. The quantitative estimate of drug-likeness (QED) is 0.334. The fourth-order valence-corrected chi connectivity index (χ4v) is 5.25. The molecule has 0 spiro atoms. The highest BCUT2D eigenvalue weighted by Gasteiger charge is 2.36. The molecule has 0 bridgehead atoms. The van der Waals surface area contributed by atoms with E-state index in [0.29, 0.717) is 21.5 Å². The number of benzene rings is 3. The first-order valence-electron chi connectivity index (χ1n) is 11.1. The summed E-state index contributed by atoms with van der Waals surface area (Å²) < 4.78 is 45.0. The summed E-state index contributed by atoms with van der Waals surface area (Å²) in [5.41, 5.74) is 0.211. The van der Waals surface area contributed by atoms with Gasteiger partial charge in [-0.2, -0.15) is 13.2 Å². The van der Waals surface area contributed by atoms with Gasteiger partial charge in [0.2, 0.25) is 11.8 Å². The fourth-order valence-electron chi connectivity index (χ4n) is 3.62. The van der Waals surface area contributed by atoms with E-state index >= 15 is 0 Å². The fraction of sp³-hybridized carbons (Fsp3) is 0.192. The number of hydrogen-bond acceptors (Lipinski definition) is 5. The van der Waals surface area contributed by atoms with Crippen LogP contribution in [0.25, 0.3) is 0 Å². The van der Waals surface area contributed by atoms with Crippen LogP contribution in [0.15, 0.2) is 71.7 Å². The van der Waals surface area contributed by atoms with E-state index in [0.717, 1.165) is 29.5 Å². The summed E-state index contributed by atoms with van der Waals surface area (Å²) in [6.07, 6.45) is -4.71. The van der Waals surface area contributed by atoms with Crippen molar-refractivity contribution >= 4 is 63.3 Å².